The highest BCUT2D eigenvalue weighted by atomic mass is 35.5. The molecule has 0 rings (SSSR count). The fourth-order valence-corrected chi connectivity index (χ4v) is 0.972. The predicted octanol–water partition coefficient (Wildman–Crippen LogP) is 3.50. The minimum Gasteiger partial charge on any atom is -0.147 e. The van der Waals surface area contributed by atoms with Crippen molar-refractivity contribution in [2.24, 2.45) is 5.92 Å². The lowest BCUT2D eigenvalue weighted by molar-refractivity contribution is 0.425. The summed E-state index contributed by atoms with van der Waals surface area (Å²) in [5.41, 5.74) is 0. The van der Waals surface area contributed by atoms with Crippen LogP contribution in [-0.4, -0.2) is 5.16 Å². The average Bonchev–Trinajstić information content (AvgIpc) is 1.64. The summed E-state index contributed by atoms with van der Waals surface area (Å²) in [6, 6.07) is 0. The second-order valence-electron chi connectivity index (χ2n) is 3.51. The lowest BCUT2D eigenvalue weighted by atomic mass is 9.93. The molecule has 0 aliphatic carbocycles. The normalized spacial score (nSPS) is 14.1. The molecule has 0 amide bonds. The molecule has 0 aromatic rings. The second-order valence-corrected chi connectivity index (χ2v) is 5.00. The molecule has 0 aromatic carbocycles. The fraction of sp³-hybridized carbons (Fsp3) is 1.00. The molecule has 2 heteroatoms. The van der Waals surface area contributed by atoms with Gasteiger partial charge in [0.15, 0.2) is 0 Å². The molecule has 2 unspecified atom stereocenters. The highest BCUT2D eigenvalue weighted by Crippen LogP contribution is 2.29. The van der Waals surface area contributed by atoms with Gasteiger partial charge in [0.2, 0.25) is 0 Å². The number of hydrogen-bond donors (Lipinski definition) is 0. The summed E-state index contributed by atoms with van der Waals surface area (Å²) in [4.78, 5) is 0. The van der Waals surface area contributed by atoms with Gasteiger partial charge in [0.05, 0.1) is 0 Å². The van der Waals surface area contributed by atoms with Crippen LogP contribution in [0.3, 0.4) is 0 Å². The Bertz CT molecular complexity index is 75.8. The third kappa shape index (κ3) is 5.50. The van der Waals surface area contributed by atoms with Crippen LogP contribution >= 0.6 is 21.6 Å². The van der Waals surface area contributed by atoms with Gasteiger partial charge >= 0.3 is 0 Å². The first-order chi connectivity index (χ1) is 3.98. The van der Waals surface area contributed by atoms with Gasteiger partial charge in [-0.25, -0.2) is 0 Å². The van der Waals surface area contributed by atoms with Crippen molar-refractivity contribution in [3.63, 3.8) is 0 Å². The van der Waals surface area contributed by atoms with E-state index in [1.807, 2.05) is 0 Å². The fourth-order valence-electron chi connectivity index (χ4n) is 0.805. The van der Waals surface area contributed by atoms with E-state index in [1.54, 1.807) is 0 Å². The average molecular weight is 183 g/mol. The van der Waals surface area contributed by atoms with E-state index in [1.165, 1.54) is 12.8 Å². The Balaban J connectivity index is 0. The summed E-state index contributed by atoms with van der Waals surface area (Å²) in [5.74, 6) is 0.826. The van der Waals surface area contributed by atoms with E-state index >= 15 is 0 Å². The molecule has 2 atom stereocenters. The molecule has 0 aromatic heterocycles. The van der Waals surface area contributed by atoms with Gasteiger partial charge in [0.25, 0.3) is 0 Å². The number of rotatable bonds is 3. The summed E-state index contributed by atoms with van der Waals surface area (Å²) >= 11 is 0. The minimum absolute atomic E-state index is 0. The van der Waals surface area contributed by atoms with Crippen molar-refractivity contribution in [3.8, 4) is 0 Å². The maximum Gasteiger partial charge on any atom is -0.0181 e. The summed E-state index contributed by atoms with van der Waals surface area (Å²) < 4.78 is 0. The number of halogens is 1. The molecule has 0 nitrogen and oxygen atoms in total. The van der Waals surface area contributed by atoms with Crippen molar-refractivity contribution in [2.75, 3.05) is 0 Å². The van der Waals surface area contributed by atoms with Gasteiger partial charge in [-0.3, -0.25) is 0 Å². The zero-order valence-corrected chi connectivity index (χ0v) is 9.45. The Morgan fingerprint density at radius 1 is 1.40 bits per heavy atom. The molecule has 0 saturated carbocycles. The Morgan fingerprint density at radius 3 is 1.90 bits per heavy atom. The first-order valence-corrected chi connectivity index (χ1v) is 4.35. The lowest BCUT2D eigenvalue weighted by Crippen LogP contribution is -2.20. The molecular weight excluding hydrogens is 163 g/mol. The van der Waals surface area contributed by atoms with Crippen LogP contribution in [0.4, 0.5) is 0 Å². The largest absolute Gasteiger partial charge is 0.147 e. The van der Waals surface area contributed by atoms with E-state index in [-0.39, 0.29) is 12.4 Å². The highest BCUT2D eigenvalue weighted by molar-refractivity contribution is 7.18. The zero-order chi connectivity index (χ0) is 7.49. The molecule has 0 saturated heterocycles. The summed E-state index contributed by atoms with van der Waals surface area (Å²) in [5, 5.41) is 0.427. The second kappa shape index (κ2) is 5.38. The van der Waals surface area contributed by atoms with Crippen molar-refractivity contribution in [1.82, 2.24) is 0 Å². The van der Waals surface area contributed by atoms with E-state index in [9.17, 15) is 0 Å². The highest BCUT2D eigenvalue weighted by Gasteiger charge is 2.18. The van der Waals surface area contributed by atoms with Crippen LogP contribution in [0.1, 0.15) is 40.5 Å². The molecule has 0 fully saturated rings. The summed E-state index contributed by atoms with van der Waals surface area (Å²) in [6.07, 6.45) is 2.65. The van der Waals surface area contributed by atoms with E-state index < -0.39 is 0 Å². The molecule has 0 bridgehead atoms. The Hall–Kier alpha value is 0.720. The molecule has 0 aliphatic heterocycles. The Labute approximate surface area is 73.8 Å². The van der Waals surface area contributed by atoms with Crippen LogP contribution in [0.5, 0.6) is 0 Å². The standard InChI is InChI=1S/C8H19P.ClH/c1-5-6-7(2)8(3,4)9;/h7H,5-6,9H2,1-4H3;1H. The molecular formula is C8H20ClP. The maximum absolute atomic E-state index is 2.90. The SMILES string of the molecule is CCCC(C)C(C)(C)P.Cl. The van der Waals surface area contributed by atoms with E-state index in [4.69, 9.17) is 0 Å². The van der Waals surface area contributed by atoms with Crippen LogP contribution < -0.4 is 0 Å². The smallest absolute Gasteiger partial charge is 0.0181 e. The van der Waals surface area contributed by atoms with Gasteiger partial charge in [0, 0.05) is 0 Å². The third-order valence-electron chi connectivity index (χ3n) is 1.99. The van der Waals surface area contributed by atoms with Crippen molar-refractivity contribution >= 4 is 21.6 Å². The topological polar surface area (TPSA) is 0 Å². The van der Waals surface area contributed by atoms with Crippen molar-refractivity contribution in [1.29, 1.82) is 0 Å². The third-order valence-corrected chi connectivity index (χ3v) is 2.56. The van der Waals surface area contributed by atoms with E-state index in [0.717, 1.165) is 5.92 Å². The van der Waals surface area contributed by atoms with Gasteiger partial charge in [-0.2, -0.15) is 0 Å². The van der Waals surface area contributed by atoms with Crippen molar-refractivity contribution in [2.45, 2.75) is 45.7 Å². The van der Waals surface area contributed by atoms with Crippen molar-refractivity contribution < 1.29 is 0 Å². The van der Waals surface area contributed by atoms with E-state index in [0.29, 0.717) is 5.16 Å². The Kier molecular flexibility index (Phi) is 7.17. The predicted molar refractivity (Wildman–Crippen MR) is 55.1 cm³/mol. The first kappa shape index (κ1) is 13.3. The van der Waals surface area contributed by atoms with Crippen LogP contribution in [0, 0.1) is 5.92 Å². The van der Waals surface area contributed by atoms with Crippen LogP contribution in [-0.2, 0) is 0 Å². The van der Waals surface area contributed by atoms with Crippen molar-refractivity contribution in [3.05, 3.63) is 0 Å². The summed E-state index contributed by atoms with van der Waals surface area (Å²) in [6.45, 7) is 9.11. The maximum atomic E-state index is 2.90. The minimum atomic E-state index is 0. The van der Waals surface area contributed by atoms with Gasteiger partial charge in [-0.05, 0) is 11.1 Å². The molecule has 10 heavy (non-hydrogen) atoms. The Morgan fingerprint density at radius 2 is 1.80 bits per heavy atom. The van der Waals surface area contributed by atoms with Crippen LogP contribution in [0.15, 0.2) is 0 Å². The van der Waals surface area contributed by atoms with Gasteiger partial charge in [-0.15, -0.1) is 21.6 Å². The molecule has 0 N–H and O–H groups in total. The molecule has 0 aliphatic rings. The number of hydrogen-bond acceptors (Lipinski definition) is 0. The monoisotopic (exact) mass is 182 g/mol. The van der Waals surface area contributed by atoms with Crippen LogP contribution in [0.25, 0.3) is 0 Å². The van der Waals surface area contributed by atoms with Crippen LogP contribution in [0.2, 0.25) is 0 Å². The molecule has 0 spiro atoms. The molecule has 64 valence electrons. The van der Waals surface area contributed by atoms with Gasteiger partial charge in [-0.1, -0.05) is 40.5 Å². The first-order valence-electron chi connectivity index (χ1n) is 3.77. The molecule has 0 radical (unpaired) electrons. The van der Waals surface area contributed by atoms with Gasteiger partial charge < -0.3 is 0 Å². The van der Waals surface area contributed by atoms with Gasteiger partial charge in [0.1, 0.15) is 0 Å². The quantitative estimate of drug-likeness (QED) is 0.587. The van der Waals surface area contributed by atoms with E-state index in [2.05, 4.69) is 36.9 Å². The summed E-state index contributed by atoms with van der Waals surface area (Å²) in [7, 11) is 2.90. The lowest BCUT2D eigenvalue weighted by Gasteiger charge is -2.26. The molecule has 0 heterocycles. The zero-order valence-electron chi connectivity index (χ0n) is 7.48.